The number of rotatable bonds is 6. The Morgan fingerprint density at radius 1 is 1.22 bits per heavy atom. The molecule has 18 heavy (non-hydrogen) atoms. The van der Waals surface area contributed by atoms with Crippen molar-refractivity contribution >= 4 is 23.4 Å². The zero-order valence-electron chi connectivity index (χ0n) is 10.1. The fourth-order valence-electron chi connectivity index (χ4n) is 1.28. The van der Waals surface area contributed by atoms with Gasteiger partial charge >= 0.3 is 5.51 Å². The Morgan fingerprint density at radius 2 is 1.83 bits per heavy atom. The van der Waals surface area contributed by atoms with Crippen molar-refractivity contribution < 1.29 is 13.2 Å². The van der Waals surface area contributed by atoms with Crippen LogP contribution in [0.15, 0.2) is 6.07 Å². The van der Waals surface area contributed by atoms with E-state index in [1.54, 1.807) is 13.0 Å². The first-order chi connectivity index (χ1) is 8.40. The lowest BCUT2D eigenvalue weighted by Gasteiger charge is -2.09. The van der Waals surface area contributed by atoms with Gasteiger partial charge < -0.3 is 10.6 Å². The summed E-state index contributed by atoms with van der Waals surface area (Å²) >= 11 is -0.0501. The number of aryl methyl sites for hydroxylation is 1. The molecule has 1 rings (SSSR count). The molecule has 0 fully saturated rings. The third-order valence-corrected chi connectivity index (χ3v) is 2.61. The standard InChI is InChI=1S/C10H15F3N4S/c1-3-14-8-6-9(17-7(2)16-8)15-4-5-18-10(11,12)13/h6H,3-5H2,1-2H3,(H2,14,15,16,17). The molecule has 0 unspecified atom stereocenters. The van der Waals surface area contributed by atoms with Crippen LogP contribution in [-0.4, -0.2) is 34.3 Å². The molecule has 2 N–H and O–H groups in total. The van der Waals surface area contributed by atoms with Crippen LogP contribution in [0.1, 0.15) is 12.7 Å². The summed E-state index contributed by atoms with van der Waals surface area (Å²) < 4.78 is 35.7. The lowest BCUT2D eigenvalue weighted by atomic mass is 10.4. The second kappa shape index (κ2) is 6.67. The number of nitrogens with one attached hydrogen (secondary N) is 2. The fourth-order valence-corrected chi connectivity index (χ4v) is 1.71. The molecule has 0 atom stereocenters. The average molecular weight is 280 g/mol. The van der Waals surface area contributed by atoms with Gasteiger partial charge in [0.25, 0.3) is 0 Å². The van der Waals surface area contributed by atoms with Gasteiger partial charge in [-0.25, -0.2) is 9.97 Å². The molecule has 1 aromatic heterocycles. The average Bonchev–Trinajstić information content (AvgIpc) is 2.23. The summed E-state index contributed by atoms with van der Waals surface area (Å²) in [6, 6.07) is 1.68. The zero-order valence-corrected chi connectivity index (χ0v) is 11.0. The quantitative estimate of drug-likeness (QED) is 0.785. The summed E-state index contributed by atoms with van der Waals surface area (Å²) in [5.41, 5.74) is -4.18. The third-order valence-electron chi connectivity index (χ3n) is 1.87. The molecule has 0 aromatic carbocycles. The minimum atomic E-state index is -4.18. The Balaban J connectivity index is 2.46. The second-order valence-corrected chi connectivity index (χ2v) is 4.60. The molecule has 0 amide bonds. The number of nitrogens with zero attached hydrogens (tertiary/aromatic N) is 2. The van der Waals surface area contributed by atoms with E-state index in [0.29, 0.717) is 17.5 Å². The van der Waals surface area contributed by atoms with Crippen LogP contribution in [0.5, 0.6) is 0 Å². The number of hydrogen-bond donors (Lipinski definition) is 2. The molecule has 1 aromatic rings. The van der Waals surface area contributed by atoms with Gasteiger partial charge in [-0.2, -0.15) is 13.2 Å². The largest absolute Gasteiger partial charge is 0.441 e. The minimum Gasteiger partial charge on any atom is -0.370 e. The van der Waals surface area contributed by atoms with Crippen LogP contribution in [0.4, 0.5) is 24.8 Å². The van der Waals surface area contributed by atoms with Gasteiger partial charge in [0, 0.05) is 24.9 Å². The molecule has 4 nitrogen and oxygen atoms in total. The topological polar surface area (TPSA) is 49.8 Å². The third kappa shape index (κ3) is 5.95. The molecule has 0 spiro atoms. The van der Waals surface area contributed by atoms with Crippen LogP contribution in [0.2, 0.25) is 0 Å². The smallest absolute Gasteiger partial charge is 0.370 e. The summed E-state index contributed by atoms with van der Waals surface area (Å²) in [7, 11) is 0. The van der Waals surface area contributed by atoms with Crippen LogP contribution in [0.3, 0.4) is 0 Å². The fraction of sp³-hybridized carbons (Fsp3) is 0.600. The van der Waals surface area contributed by atoms with Crippen molar-refractivity contribution in [2.45, 2.75) is 19.4 Å². The zero-order chi connectivity index (χ0) is 13.6. The molecule has 0 aliphatic rings. The molecular weight excluding hydrogens is 265 g/mol. The van der Waals surface area contributed by atoms with Crippen molar-refractivity contribution in [3.05, 3.63) is 11.9 Å². The van der Waals surface area contributed by atoms with E-state index in [-0.39, 0.29) is 24.1 Å². The molecule has 8 heteroatoms. The summed E-state index contributed by atoms with van der Waals surface area (Å²) in [4.78, 5) is 8.24. The van der Waals surface area contributed by atoms with Crippen molar-refractivity contribution in [2.24, 2.45) is 0 Å². The maximum atomic E-state index is 11.9. The molecule has 0 bridgehead atoms. The number of alkyl halides is 3. The SMILES string of the molecule is CCNc1cc(NCCSC(F)(F)F)nc(C)n1. The molecular formula is C10H15F3N4S. The molecule has 0 aliphatic heterocycles. The normalized spacial score (nSPS) is 11.4. The highest BCUT2D eigenvalue weighted by molar-refractivity contribution is 8.00. The Kier molecular flexibility index (Phi) is 5.52. The lowest BCUT2D eigenvalue weighted by Crippen LogP contribution is -2.11. The summed E-state index contributed by atoms with van der Waals surface area (Å²) in [6.07, 6.45) is 0. The van der Waals surface area contributed by atoms with E-state index in [4.69, 9.17) is 0 Å². The molecule has 0 saturated carbocycles. The summed E-state index contributed by atoms with van der Waals surface area (Å²) in [6.45, 7) is 4.59. The van der Waals surface area contributed by atoms with Crippen LogP contribution < -0.4 is 10.6 Å². The van der Waals surface area contributed by atoms with Gasteiger partial charge in [-0.3, -0.25) is 0 Å². The Bertz CT molecular complexity index is 384. The van der Waals surface area contributed by atoms with Gasteiger partial charge in [0.05, 0.1) is 0 Å². The van der Waals surface area contributed by atoms with Gasteiger partial charge in [-0.15, -0.1) is 0 Å². The van der Waals surface area contributed by atoms with Gasteiger partial charge in [0.15, 0.2) is 0 Å². The van der Waals surface area contributed by atoms with Gasteiger partial charge in [-0.05, 0) is 25.6 Å². The van der Waals surface area contributed by atoms with E-state index >= 15 is 0 Å². The van der Waals surface area contributed by atoms with Crippen LogP contribution in [-0.2, 0) is 0 Å². The van der Waals surface area contributed by atoms with E-state index in [9.17, 15) is 13.2 Å². The monoisotopic (exact) mass is 280 g/mol. The number of hydrogen-bond acceptors (Lipinski definition) is 5. The summed E-state index contributed by atoms with van der Waals surface area (Å²) in [5.74, 6) is 1.71. The number of thioether (sulfide) groups is 1. The summed E-state index contributed by atoms with van der Waals surface area (Å²) in [5, 5.41) is 5.87. The van der Waals surface area contributed by atoms with E-state index in [0.717, 1.165) is 6.54 Å². The predicted molar refractivity (Wildman–Crippen MR) is 67.9 cm³/mol. The first kappa shape index (κ1) is 14.9. The van der Waals surface area contributed by atoms with E-state index < -0.39 is 5.51 Å². The maximum Gasteiger partial charge on any atom is 0.441 e. The van der Waals surface area contributed by atoms with Crippen LogP contribution in [0.25, 0.3) is 0 Å². The number of anilines is 2. The van der Waals surface area contributed by atoms with Gasteiger partial charge in [0.2, 0.25) is 0 Å². The van der Waals surface area contributed by atoms with E-state index in [2.05, 4.69) is 20.6 Å². The highest BCUT2D eigenvalue weighted by Gasteiger charge is 2.27. The minimum absolute atomic E-state index is 0.0501. The molecule has 0 radical (unpaired) electrons. The Morgan fingerprint density at radius 3 is 2.39 bits per heavy atom. The van der Waals surface area contributed by atoms with Gasteiger partial charge in [-0.1, -0.05) is 0 Å². The Labute approximate surface area is 108 Å². The number of aromatic nitrogens is 2. The number of halogens is 3. The van der Waals surface area contributed by atoms with E-state index in [1.165, 1.54) is 0 Å². The predicted octanol–water partition coefficient (Wildman–Crippen LogP) is 2.88. The van der Waals surface area contributed by atoms with Crippen molar-refractivity contribution in [3.8, 4) is 0 Å². The lowest BCUT2D eigenvalue weighted by molar-refractivity contribution is -0.0327. The first-order valence-corrected chi connectivity index (χ1v) is 6.43. The first-order valence-electron chi connectivity index (χ1n) is 5.45. The molecule has 1 heterocycles. The molecule has 0 aliphatic carbocycles. The highest BCUT2D eigenvalue weighted by atomic mass is 32.2. The highest BCUT2D eigenvalue weighted by Crippen LogP contribution is 2.29. The van der Waals surface area contributed by atoms with Crippen molar-refractivity contribution in [3.63, 3.8) is 0 Å². The molecule has 102 valence electrons. The van der Waals surface area contributed by atoms with Crippen molar-refractivity contribution in [2.75, 3.05) is 29.5 Å². The maximum absolute atomic E-state index is 11.9. The van der Waals surface area contributed by atoms with Gasteiger partial charge in [0.1, 0.15) is 17.5 Å². The van der Waals surface area contributed by atoms with Crippen molar-refractivity contribution in [1.29, 1.82) is 0 Å². The molecule has 0 saturated heterocycles. The van der Waals surface area contributed by atoms with Crippen LogP contribution in [0, 0.1) is 6.92 Å². The van der Waals surface area contributed by atoms with E-state index in [1.807, 2.05) is 6.92 Å². The Hall–Kier alpha value is -1.18. The van der Waals surface area contributed by atoms with Crippen LogP contribution >= 0.6 is 11.8 Å². The van der Waals surface area contributed by atoms with Crippen molar-refractivity contribution in [1.82, 2.24) is 9.97 Å². The second-order valence-electron chi connectivity index (χ2n) is 3.44.